The molecule has 1 N–H and O–H groups in total. The normalized spacial score (nSPS) is 17.1. The summed E-state index contributed by atoms with van der Waals surface area (Å²) in [7, 11) is 0. The van der Waals surface area contributed by atoms with Gasteiger partial charge in [-0.2, -0.15) is 0 Å². The molecule has 0 aliphatic heterocycles. The van der Waals surface area contributed by atoms with Crippen molar-refractivity contribution in [2.75, 3.05) is 5.32 Å². The van der Waals surface area contributed by atoms with Gasteiger partial charge in [-0.05, 0) is 56.1 Å². The second kappa shape index (κ2) is 6.48. The highest BCUT2D eigenvalue weighted by molar-refractivity contribution is 7.15. The third-order valence-corrected chi connectivity index (χ3v) is 6.72. The number of amides is 1. The molecule has 0 fully saturated rings. The predicted molar refractivity (Wildman–Crippen MR) is 111 cm³/mol. The molecule has 0 spiro atoms. The molecule has 0 radical (unpaired) electrons. The number of carbonyl (C=O) groups is 1. The fourth-order valence-corrected chi connectivity index (χ4v) is 4.95. The summed E-state index contributed by atoms with van der Waals surface area (Å²) in [5.41, 5.74) is 4.19. The van der Waals surface area contributed by atoms with Crippen molar-refractivity contribution in [3.05, 3.63) is 45.7 Å². The van der Waals surface area contributed by atoms with Crippen molar-refractivity contribution in [1.82, 2.24) is 4.98 Å². The van der Waals surface area contributed by atoms with E-state index in [2.05, 4.69) is 31.1 Å². The van der Waals surface area contributed by atoms with E-state index in [-0.39, 0.29) is 5.91 Å². The minimum Gasteiger partial charge on any atom is -0.451 e. The molecule has 0 saturated heterocycles. The Bertz CT molecular complexity index is 1020. The molecule has 1 aliphatic carbocycles. The molecule has 2 aromatic heterocycles. The highest BCUT2D eigenvalue weighted by atomic mass is 32.1. The number of thiazole rings is 1. The Morgan fingerprint density at radius 1 is 1.30 bits per heavy atom. The second-order valence-corrected chi connectivity index (χ2v) is 9.79. The Morgan fingerprint density at radius 3 is 2.81 bits per heavy atom. The summed E-state index contributed by atoms with van der Waals surface area (Å²) >= 11 is 1.61. The van der Waals surface area contributed by atoms with Gasteiger partial charge >= 0.3 is 0 Å². The lowest BCUT2D eigenvalue weighted by molar-refractivity contribution is 0.0998. The molecule has 4 rings (SSSR count). The van der Waals surface area contributed by atoms with Crippen LogP contribution in [0.15, 0.2) is 22.6 Å². The van der Waals surface area contributed by atoms with Crippen molar-refractivity contribution in [3.63, 3.8) is 0 Å². The summed E-state index contributed by atoms with van der Waals surface area (Å²) < 4.78 is 5.84. The number of nitrogens with one attached hydrogen (secondary N) is 1. The SMILES string of the molecule is Cc1ccc2c(C)c(C(=O)Nc3nc4c(s3)C[C@H](C(C)(C)C)CC4)oc2c1. The first-order valence-corrected chi connectivity index (χ1v) is 10.3. The molecule has 0 saturated carbocycles. The number of fused-ring (bicyclic) bond motifs is 2. The van der Waals surface area contributed by atoms with Crippen LogP contribution in [0.1, 0.15) is 59.4 Å². The monoisotopic (exact) mass is 382 g/mol. The van der Waals surface area contributed by atoms with E-state index in [0.717, 1.165) is 47.1 Å². The first-order valence-electron chi connectivity index (χ1n) is 9.52. The molecule has 1 aromatic carbocycles. The maximum absolute atomic E-state index is 12.8. The maximum Gasteiger partial charge on any atom is 0.293 e. The first-order chi connectivity index (χ1) is 12.7. The molecule has 3 aromatic rings. The molecule has 1 amide bonds. The van der Waals surface area contributed by atoms with Crippen LogP contribution < -0.4 is 5.32 Å². The smallest absolute Gasteiger partial charge is 0.293 e. The highest BCUT2D eigenvalue weighted by Crippen LogP contribution is 2.40. The number of rotatable bonds is 2. The van der Waals surface area contributed by atoms with Crippen molar-refractivity contribution >= 4 is 33.3 Å². The van der Waals surface area contributed by atoms with Crippen LogP contribution >= 0.6 is 11.3 Å². The van der Waals surface area contributed by atoms with Gasteiger partial charge in [0.2, 0.25) is 0 Å². The van der Waals surface area contributed by atoms with E-state index in [9.17, 15) is 4.79 Å². The maximum atomic E-state index is 12.8. The standard InChI is InChI=1S/C22H26N2O2S/c1-12-6-8-15-13(2)19(26-17(15)10-12)20(25)24-21-23-16-9-7-14(22(3,4)5)11-18(16)27-21/h6,8,10,14H,7,9,11H2,1-5H3,(H,23,24,25)/t14-/m1/s1. The lowest BCUT2D eigenvalue weighted by Crippen LogP contribution is -2.26. The van der Waals surface area contributed by atoms with Gasteiger partial charge in [-0.1, -0.05) is 32.9 Å². The average Bonchev–Trinajstić information content (AvgIpc) is 3.13. The lowest BCUT2D eigenvalue weighted by Gasteiger charge is -2.33. The van der Waals surface area contributed by atoms with Gasteiger partial charge in [0, 0.05) is 15.8 Å². The zero-order chi connectivity index (χ0) is 19.3. The highest BCUT2D eigenvalue weighted by Gasteiger charge is 2.31. The van der Waals surface area contributed by atoms with Crippen molar-refractivity contribution in [1.29, 1.82) is 0 Å². The van der Waals surface area contributed by atoms with Crippen molar-refractivity contribution in [2.45, 2.75) is 53.9 Å². The summed E-state index contributed by atoms with van der Waals surface area (Å²) in [6.45, 7) is 10.9. The minimum absolute atomic E-state index is 0.222. The quantitative estimate of drug-likeness (QED) is 0.599. The Balaban J connectivity index is 1.56. The Hall–Kier alpha value is -2.14. The minimum atomic E-state index is -0.222. The second-order valence-electron chi connectivity index (χ2n) is 8.70. The van der Waals surface area contributed by atoms with Gasteiger partial charge in [0.25, 0.3) is 5.91 Å². The third-order valence-electron chi connectivity index (χ3n) is 5.68. The number of hydrogen-bond acceptors (Lipinski definition) is 4. The van der Waals surface area contributed by atoms with Gasteiger partial charge in [0.15, 0.2) is 10.9 Å². The van der Waals surface area contributed by atoms with Crippen LogP contribution in [0, 0.1) is 25.2 Å². The number of anilines is 1. The molecule has 142 valence electrons. The number of aromatic nitrogens is 1. The summed E-state index contributed by atoms with van der Waals surface area (Å²) in [6, 6.07) is 6.01. The average molecular weight is 383 g/mol. The Labute approximate surface area is 164 Å². The molecule has 0 bridgehead atoms. The lowest BCUT2D eigenvalue weighted by atomic mass is 9.73. The molecule has 27 heavy (non-hydrogen) atoms. The number of benzene rings is 1. The van der Waals surface area contributed by atoms with E-state index >= 15 is 0 Å². The van der Waals surface area contributed by atoms with Crippen LogP contribution in [-0.2, 0) is 12.8 Å². The molecular formula is C22H26N2O2S. The zero-order valence-electron chi connectivity index (χ0n) is 16.6. The van der Waals surface area contributed by atoms with Gasteiger partial charge in [-0.25, -0.2) is 4.98 Å². The topological polar surface area (TPSA) is 55.1 Å². The van der Waals surface area contributed by atoms with Gasteiger partial charge < -0.3 is 4.42 Å². The van der Waals surface area contributed by atoms with E-state index in [1.165, 1.54) is 4.88 Å². The third kappa shape index (κ3) is 3.41. The number of nitrogens with zero attached hydrogens (tertiary/aromatic N) is 1. The molecule has 4 nitrogen and oxygen atoms in total. The number of furan rings is 1. The molecule has 2 heterocycles. The molecule has 1 aliphatic rings. The van der Waals surface area contributed by atoms with Gasteiger partial charge in [-0.15, -0.1) is 11.3 Å². The first kappa shape index (κ1) is 18.2. The summed E-state index contributed by atoms with van der Waals surface area (Å²) in [6.07, 6.45) is 3.21. The summed E-state index contributed by atoms with van der Waals surface area (Å²) in [5.74, 6) is 0.811. The van der Waals surface area contributed by atoms with E-state index in [0.29, 0.717) is 22.2 Å². The zero-order valence-corrected chi connectivity index (χ0v) is 17.4. The Morgan fingerprint density at radius 2 is 2.07 bits per heavy atom. The largest absolute Gasteiger partial charge is 0.451 e. The number of hydrogen-bond donors (Lipinski definition) is 1. The molecule has 5 heteroatoms. The molecule has 0 unspecified atom stereocenters. The van der Waals surface area contributed by atoms with Gasteiger partial charge in [0.1, 0.15) is 5.58 Å². The van der Waals surface area contributed by atoms with Crippen LogP contribution in [-0.4, -0.2) is 10.9 Å². The molecular weight excluding hydrogens is 356 g/mol. The van der Waals surface area contributed by atoms with Crippen molar-refractivity contribution < 1.29 is 9.21 Å². The van der Waals surface area contributed by atoms with Crippen LogP contribution in [0.5, 0.6) is 0 Å². The fraction of sp³-hybridized carbons (Fsp3) is 0.455. The van der Waals surface area contributed by atoms with E-state index in [1.807, 2.05) is 32.0 Å². The van der Waals surface area contributed by atoms with Crippen molar-refractivity contribution in [3.8, 4) is 0 Å². The predicted octanol–water partition coefficient (Wildman–Crippen LogP) is 5.91. The van der Waals surface area contributed by atoms with Crippen LogP contribution in [0.3, 0.4) is 0 Å². The van der Waals surface area contributed by atoms with Gasteiger partial charge in [-0.3, -0.25) is 10.1 Å². The number of carbonyl (C=O) groups excluding carboxylic acids is 1. The van der Waals surface area contributed by atoms with Crippen LogP contribution in [0.25, 0.3) is 11.0 Å². The number of aryl methyl sites for hydroxylation is 3. The Kier molecular flexibility index (Phi) is 4.38. The van der Waals surface area contributed by atoms with E-state index in [4.69, 9.17) is 4.42 Å². The summed E-state index contributed by atoms with van der Waals surface area (Å²) in [5, 5.41) is 4.62. The van der Waals surface area contributed by atoms with E-state index in [1.54, 1.807) is 11.3 Å². The summed E-state index contributed by atoms with van der Waals surface area (Å²) in [4.78, 5) is 18.8. The van der Waals surface area contributed by atoms with E-state index < -0.39 is 0 Å². The van der Waals surface area contributed by atoms with Crippen LogP contribution in [0.4, 0.5) is 5.13 Å². The molecule has 1 atom stereocenters. The van der Waals surface area contributed by atoms with Gasteiger partial charge in [0.05, 0.1) is 5.69 Å². The van der Waals surface area contributed by atoms with Crippen LogP contribution in [0.2, 0.25) is 0 Å². The fourth-order valence-electron chi connectivity index (χ4n) is 3.87. The van der Waals surface area contributed by atoms with Crippen molar-refractivity contribution in [2.24, 2.45) is 11.3 Å².